The summed E-state index contributed by atoms with van der Waals surface area (Å²) in [6, 6.07) is 1.71. The van der Waals surface area contributed by atoms with E-state index < -0.39 is 28.3 Å². The number of nitro groups is 1. The van der Waals surface area contributed by atoms with Gasteiger partial charge in [0.2, 0.25) is 0 Å². The number of nitrogens with zero attached hydrogens (tertiary/aromatic N) is 2. The SMILES string of the molecule is CC(O)C1CCN(c2c([N+](=O)[O-])ccc(F)c2F)C1. The number of aliphatic hydroxyl groups excluding tert-OH is 1. The van der Waals surface area contributed by atoms with E-state index in [4.69, 9.17) is 0 Å². The van der Waals surface area contributed by atoms with Gasteiger partial charge in [0.15, 0.2) is 17.3 Å². The first-order valence-electron chi connectivity index (χ1n) is 5.97. The molecule has 1 aromatic carbocycles. The van der Waals surface area contributed by atoms with Crippen LogP contribution in [0.25, 0.3) is 0 Å². The molecule has 0 aromatic heterocycles. The molecule has 1 aromatic rings. The fourth-order valence-corrected chi connectivity index (χ4v) is 2.36. The van der Waals surface area contributed by atoms with Crippen LogP contribution < -0.4 is 4.90 Å². The third-order valence-corrected chi connectivity index (χ3v) is 3.47. The summed E-state index contributed by atoms with van der Waals surface area (Å²) in [4.78, 5) is 11.6. The van der Waals surface area contributed by atoms with E-state index >= 15 is 0 Å². The second-order valence-corrected chi connectivity index (χ2v) is 4.72. The number of rotatable bonds is 3. The van der Waals surface area contributed by atoms with Crippen molar-refractivity contribution in [2.24, 2.45) is 5.92 Å². The number of anilines is 1. The van der Waals surface area contributed by atoms with Gasteiger partial charge in [-0.15, -0.1) is 0 Å². The first kappa shape index (κ1) is 13.7. The molecule has 1 heterocycles. The van der Waals surface area contributed by atoms with Gasteiger partial charge in [-0.1, -0.05) is 0 Å². The predicted molar refractivity (Wildman–Crippen MR) is 65.0 cm³/mol. The van der Waals surface area contributed by atoms with E-state index in [1.54, 1.807) is 6.92 Å². The molecular weight excluding hydrogens is 258 g/mol. The number of halogens is 2. The van der Waals surface area contributed by atoms with Gasteiger partial charge < -0.3 is 10.0 Å². The van der Waals surface area contributed by atoms with E-state index in [1.807, 2.05) is 0 Å². The zero-order valence-electron chi connectivity index (χ0n) is 10.3. The van der Waals surface area contributed by atoms with E-state index in [2.05, 4.69) is 0 Å². The van der Waals surface area contributed by atoms with Crippen LogP contribution in [0.3, 0.4) is 0 Å². The monoisotopic (exact) mass is 272 g/mol. The molecule has 0 amide bonds. The van der Waals surface area contributed by atoms with E-state index in [9.17, 15) is 24.0 Å². The average molecular weight is 272 g/mol. The minimum atomic E-state index is -1.21. The van der Waals surface area contributed by atoms with Crippen LogP contribution in [0.5, 0.6) is 0 Å². The minimum Gasteiger partial charge on any atom is -0.393 e. The largest absolute Gasteiger partial charge is 0.393 e. The summed E-state index contributed by atoms with van der Waals surface area (Å²) in [5.74, 6) is -2.41. The van der Waals surface area contributed by atoms with E-state index in [0.29, 0.717) is 13.0 Å². The van der Waals surface area contributed by atoms with Crippen molar-refractivity contribution in [1.29, 1.82) is 0 Å². The number of hydrogen-bond donors (Lipinski definition) is 1. The van der Waals surface area contributed by atoms with Crippen LogP contribution >= 0.6 is 0 Å². The van der Waals surface area contributed by atoms with Crippen molar-refractivity contribution in [1.82, 2.24) is 0 Å². The van der Waals surface area contributed by atoms with Gasteiger partial charge in [0.25, 0.3) is 5.69 Å². The normalized spacial score (nSPS) is 20.6. The van der Waals surface area contributed by atoms with Crippen LogP contribution in [0.15, 0.2) is 12.1 Å². The maximum atomic E-state index is 13.8. The lowest BCUT2D eigenvalue weighted by Gasteiger charge is -2.20. The first-order valence-corrected chi connectivity index (χ1v) is 5.97. The molecule has 0 bridgehead atoms. The standard InChI is InChI=1S/C12H14F2N2O3/c1-7(17)8-4-5-15(6-8)12-10(16(18)19)3-2-9(13)11(12)14/h2-3,7-8,17H,4-6H2,1H3. The molecule has 0 aliphatic carbocycles. The predicted octanol–water partition coefficient (Wildman–Crippen LogP) is 2.08. The molecule has 104 valence electrons. The van der Waals surface area contributed by atoms with Crippen LogP contribution in [0.1, 0.15) is 13.3 Å². The molecule has 2 rings (SSSR count). The Morgan fingerprint density at radius 1 is 1.53 bits per heavy atom. The van der Waals surface area contributed by atoms with Crippen molar-refractivity contribution in [3.05, 3.63) is 33.9 Å². The zero-order valence-corrected chi connectivity index (χ0v) is 10.3. The van der Waals surface area contributed by atoms with Crippen molar-refractivity contribution in [3.63, 3.8) is 0 Å². The molecule has 1 aliphatic rings. The van der Waals surface area contributed by atoms with Gasteiger partial charge in [0, 0.05) is 25.1 Å². The molecule has 1 N–H and O–H groups in total. The van der Waals surface area contributed by atoms with Gasteiger partial charge >= 0.3 is 0 Å². The molecular formula is C12H14F2N2O3. The summed E-state index contributed by atoms with van der Waals surface area (Å²) in [5.41, 5.74) is -0.779. The molecule has 19 heavy (non-hydrogen) atoms. The van der Waals surface area contributed by atoms with Crippen molar-refractivity contribution in [2.75, 3.05) is 18.0 Å². The Bertz CT molecular complexity index is 508. The lowest BCUT2D eigenvalue weighted by Crippen LogP contribution is -2.25. The number of nitro benzene ring substituents is 1. The van der Waals surface area contributed by atoms with Gasteiger partial charge in [-0.05, 0) is 19.4 Å². The van der Waals surface area contributed by atoms with Gasteiger partial charge in [0.1, 0.15) is 0 Å². The third-order valence-electron chi connectivity index (χ3n) is 3.47. The highest BCUT2D eigenvalue weighted by Gasteiger charge is 2.33. The Hall–Kier alpha value is -1.76. The van der Waals surface area contributed by atoms with Gasteiger partial charge in [-0.2, -0.15) is 0 Å². The van der Waals surface area contributed by atoms with E-state index in [0.717, 1.165) is 12.1 Å². The summed E-state index contributed by atoms with van der Waals surface area (Å²) in [5, 5.41) is 20.4. The minimum absolute atomic E-state index is 0.0951. The third kappa shape index (κ3) is 2.51. The van der Waals surface area contributed by atoms with E-state index in [-0.39, 0.29) is 18.2 Å². The molecule has 1 fully saturated rings. The Morgan fingerprint density at radius 2 is 2.21 bits per heavy atom. The molecule has 2 atom stereocenters. The number of hydrogen-bond acceptors (Lipinski definition) is 4. The molecule has 1 saturated heterocycles. The molecule has 5 nitrogen and oxygen atoms in total. The fourth-order valence-electron chi connectivity index (χ4n) is 2.36. The second kappa shape index (κ2) is 5.08. The van der Waals surface area contributed by atoms with Gasteiger partial charge in [-0.25, -0.2) is 8.78 Å². The summed E-state index contributed by atoms with van der Waals surface area (Å²) in [7, 11) is 0. The van der Waals surface area contributed by atoms with Crippen LogP contribution in [0.4, 0.5) is 20.2 Å². The summed E-state index contributed by atoms with van der Waals surface area (Å²) < 4.78 is 27.1. The fraction of sp³-hybridized carbons (Fsp3) is 0.500. The van der Waals surface area contributed by atoms with Crippen LogP contribution in [0, 0.1) is 27.7 Å². The molecule has 1 aliphatic heterocycles. The summed E-state index contributed by atoms with van der Waals surface area (Å²) in [6.45, 7) is 2.25. The average Bonchev–Trinajstić information content (AvgIpc) is 2.81. The van der Waals surface area contributed by atoms with Crippen LogP contribution in [-0.2, 0) is 0 Å². The van der Waals surface area contributed by atoms with Crippen molar-refractivity contribution in [2.45, 2.75) is 19.4 Å². The van der Waals surface area contributed by atoms with Crippen LogP contribution in [0.2, 0.25) is 0 Å². The Balaban J connectivity index is 2.39. The second-order valence-electron chi connectivity index (χ2n) is 4.72. The number of benzene rings is 1. The summed E-state index contributed by atoms with van der Waals surface area (Å²) in [6.07, 6.45) is 0.00536. The Morgan fingerprint density at radius 3 is 2.74 bits per heavy atom. The molecule has 0 saturated carbocycles. The van der Waals surface area contributed by atoms with Gasteiger partial charge in [-0.3, -0.25) is 10.1 Å². The summed E-state index contributed by atoms with van der Waals surface area (Å²) >= 11 is 0. The number of aliphatic hydroxyl groups is 1. The topological polar surface area (TPSA) is 66.6 Å². The first-order chi connectivity index (χ1) is 8.91. The Labute approximate surface area is 108 Å². The Kier molecular flexibility index (Phi) is 3.66. The lowest BCUT2D eigenvalue weighted by atomic mass is 10.0. The van der Waals surface area contributed by atoms with Gasteiger partial charge in [0.05, 0.1) is 11.0 Å². The lowest BCUT2D eigenvalue weighted by molar-refractivity contribution is -0.384. The van der Waals surface area contributed by atoms with Crippen molar-refractivity contribution in [3.8, 4) is 0 Å². The maximum Gasteiger partial charge on any atom is 0.295 e. The molecule has 2 unspecified atom stereocenters. The quantitative estimate of drug-likeness (QED) is 0.675. The molecule has 0 spiro atoms. The highest BCUT2D eigenvalue weighted by molar-refractivity contribution is 5.64. The van der Waals surface area contributed by atoms with Crippen molar-refractivity contribution >= 4 is 11.4 Å². The maximum absolute atomic E-state index is 13.8. The zero-order chi connectivity index (χ0) is 14.2. The molecule has 7 heteroatoms. The van der Waals surface area contributed by atoms with Crippen LogP contribution in [-0.4, -0.2) is 29.2 Å². The van der Waals surface area contributed by atoms with Crippen molar-refractivity contribution < 1.29 is 18.8 Å². The highest BCUT2D eigenvalue weighted by Crippen LogP contribution is 2.36. The smallest absolute Gasteiger partial charge is 0.295 e. The van der Waals surface area contributed by atoms with E-state index in [1.165, 1.54) is 4.90 Å². The highest BCUT2D eigenvalue weighted by atomic mass is 19.2. The molecule has 0 radical (unpaired) electrons.